The molecule has 2 heterocycles. The number of hydrogen-bond acceptors (Lipinski definition) is 2. The lowest BCUT2D eigenvalue weighted by molar-refractivity contribution is -0.117. The van der Waals surface area contributed by atoms with Crippen molar-refractivity contribution in [3.63, 3.8) is 0 Å². The third-order valence-corrected chi connectivity index (χ3v) is 5.97. The van der Waals surface area contributed by atoms with Crippen LogP contribution in [0, 0.1) is 5.82 Å². The van der Waals surface area contributed by atoms with Crippen LogP contribution in [0.4, 0.5) is 10.1 Å². The van der Waals surface area contributed by atoms with Crippen LogP contribution in [0.3, 0.4) is 0 Å². The van der Waals surface area contributed by atoms with E-state index in [0.717, 1.165) is 22.5 Å². The summed E-state index contributed by atoms with van der Waals surface area (Å²) in [6, 6.07) is 22.1. The molecule has 6 heteroatoms. The molecule has 1 aliphatic heterocycles. The van der Waals surface area contributed by atoms with Gasteiger partial charge in [-0.15, -0.1) is 0 Å². The zero-order chi connectivity index (χ0) is 20.7. The molecule has 4 nitrogen and oxygen atoms in total. The molecule has 0 spiro atoms. The van der Waals surface area contributed by atoms with Crippen LogP contribution in [0.5, 0.6) is 0 Å². The van der Waals surface area contributed by atoms with Crippen molar-refractivity contribution in [3.8, 4) is 0 Å². The molecule has 0 unspecified atom stereocenters. The largest absolute Gasteiger partial charge is 0.323 e. The summed E-state index contributed by atoms with van der Waals surface area (Å²) in [6.45, 7) is 0.800. The summed E-state index contributed by atoms with van der Waals surface area (Å²) in [4.78, 5) is 19.4. The van der Waals surface area contributed by atoms with Crippen molar-refractivity contribution >= 4 is 34.2 Å². The lowest BCUT2D eigenvalue weighted by Gasteiger charge is -2.18. The van der Waals surface area contributed by atoms with E-state index in [9.17, 15) is 9.18 Å². The second-order valence-electron chi connectivity index (χ2n) is 7.49. The van der Waals surface area contributed by atoms with Gasteiger partial charge in [-0.05, 0) is 36.4 Å². The lowest BCUT2D eigenvalue weighted by atomic mass is 10.1. The number of fused-ring (bicyclic) bond motifs is 1. The van der Waals surface area contributed by atoms with E-state index in [-0.39, 0.29) is 24.2 Å². The Labute approximate surface area is 178 Å². The van der Waals surface area contributed by atoms with Crippen LogP contribution in [0.1, 0.15) is 23.7 Å². The number of anilines is 1. The van der Waals surface area contributed by atoms with Gasteiger partial charge in [0.05, 0.1) is 17.6 Å². The maximum absolute atomic E-state index is 14.5. The minimum Gasteiger partial charge on any atom is -0.323 e. The van der Waals surface area contributed by atoms with Crippen molar-refractivity contribution in [1.29, 1.82) is 0 Å². The Balaban J connectivity index is 1.57. The first kappa shape index (κ1) is 18.8. The Morgan fingerprint density at radius 2 is 1.77 bits per heavy atom. The third-order valence-electron chi connectivity index (χ3n) is 5.62. The van der Waals surface area contributed by atoms with Crippen molar-refractivity contribution in [2.24, 2.45) is 0 Å². The SMILES string of the molecule is O=C1C[C@H](c2nc3ccccc3n2Cc2c(F)cccc2Cl)CN1c1ccccc1. The van der Waals surface area contributed by atoms with Crippen molar-refractivity contribution in [1.82, 2.24) is 9.55 Å². The van der Waals surface area contributed by atoms with Crippen LogP contribution >= 0.6 is 11.6 Å². The first-order valence-electron chi connectivity index (χ1n) is 9.85. The fourth-order valence-corrected chi connectivity index (χ4v) is 4.37. The van der Waals surface area contributed by atoms with E-state index in [4.69, 9.17) is 16.6 Å². The zero-order valence-electron chi connectivity index (χ0n) is 16.1. The van der Waals surface area contributed by atoms with Gasteiger partial charge in [-0.2, -0.15) is 0 Å². The number of carbonyl (C=O) groups is 1. The molecule has 1 amide bonds. The van der Waals surface area contributed by atoms with Crippen LogP contribution in [0.25, 0.3) is 11.0 Å². The average molecular weight is 420 g/mol. The first-order chi connectivity index (χ1) is 14.6. The molecular weight excluding hydrogens is 401 g/mol. The molecule has 1 saturated heterocycles. The van der Waals surface area contributed by atoms with Crippen LogP contribution < -0.4 is 4.90 Å². The van der Waals surface area contributed by atoms with E-state index >= 15 is 0 Å². The average Bonchev–Trinajstić information content (AvgIpc) is 3.32. The van der Waals surface area contributed by atoms with Gasteiger partial charge in [0, 0.05) is 35.2 Å². The molecule has 1 aromatic heterocycles. The Morgan fingerprint density at radius 3 is 2.57 bits per heavy atom. The van der Waals surface area contributed by atoms with E-state index in [0.29, 0.717) is 23.6 Å². The molecule has 5 rings (SSSR count). The lowest BCUT2D eigenvalue weighted by Crippen LogP contribution is -2.24. The number of aromatic nitrogens is 2. The second-order valence-corrected chi connectivity index (χ2v) is 7.89. The molecule has 1 fully saturated rings. The van der Waals surface area contributed by atoms with E-state index < -0.39 is 0 Å². The van der Waals surface area contributed by atoms with Crippen LogP contribution in [-0.2, 0) is 11.3 Å². The van der Waals surface area contributed by atoms with Crippen molar-refractivity contribution in [2.45, 2.75) is 18.9 Å². The van der Waals surface area contributed by atoms with E-state index in [2.05, 4.69) is 0 Å². The van der Waals surface area contributed by atoms with Gasteiger partial charge in [-0.25, -0.2) is 9.37 Å². The minimum absolute atomic E-state index is 0.0636. The quantitative estimate of drug-likeness (QED) is 0.444. The van der Waals surface area contributed by atoms with Gasteiger partial charge in [0.1, 0.15) is 11.6 Å². The molecule has 0 saturated carbocycles. The van der Waals surface area contributed by atoms with E-state index in [1.165, 1.54) is 6.07 Å². The molecule has 30 heavy (non-hydrogen) atoms. The Kier molecular flexibility index (Phi) is 4.75. The smallest absolute Gasteiger partial charge is 0.227 e. The number of carbonyl (C=O) groups excluding carboxylic acids is 1. The van der Waals surface area contributed by atoms with Crippen LogP contribution in [0.15, 0.2) is 72.8 Å². The van der Waals surface area contributed by atoms with Crippen LogP contribution in [-0.4, -0.2) is 22.0 Å². The molecule has 1 aliphatic rings. The molecule has 0 aliphatic carbocycles. The van der Waals surface area contributed by atoms with E-state index in [1.54, 1.807) is 17.0 Å². The number of benzene rings is 3. The minimum atomic E-state index is -0.348. The predicted molar refractivity (Wildman–Crippen MR) is 116 cm³/mol. The fraction of sp³-hybridized carbons (Fsp3) is 0.167. The molecule has 0 N–H and O–H groups in total. The van der Waals surface area contributed by atoms with Gasteiger partial charge in [0.25, 0.3) is 0 Å². The molecule has 1 atom stereocenters. The second kappa shape index (κ2) is 7.58. The highest BCUT2D eigenvalue weighted by Crippen LogP contribution is 2.34. The summed E-state index contributed by atoms with van der Waals surface area (Å²) < 4.78 is 16.5. The number of nitrogens with zero attached hydrogens (tertiary/aromatic N) is 3. The van der Waals surface area contributed by atoms with Crippen molar-refractivity contribution in [2.75, 3.05) is 11.4 Å². The number of para-hydroxylation sites is 3. The van der Waals surface area contributed by atoms with Gasteiger partial charge < -0.3 is 9.47 Å². The molecular formula is C24H19ClFN3O. The Morgan fingerprint density at radius 1 is 1.00 bits per heavy atom. The summed E-state index contributed by atoms with van der Waals surface area (Å²) in [5.74, 6) is 0.409. The summed E-state index contributed by atoms with van der Waals surface area (Å²) in [5.41, 5.74) is 3.03. The highest BCUT2D eigenvalue weighted by Gasteiger charge is 2.35. The first-order valence-corrected chi connectivity index (χ1v) is 10.2. The molecule has 0 radical (unpaired) electrons. The number of amides is 1. The zero-order valence-corrected chi connectivity index (χ0v) is 16.9. The summed E-state index contributed by atoms with van der Waals surface area (Å²) in [6.07, 6.45) is 0.364. The topological polar surface area (TPSA) is 38.1 Å². The summed E-state index contributed by atoms with van der Waals surface area (Å²) >= 11 is 6.30. The van der Waals surface area contributed by atoms with Gasteiger partial charge >= 0.3 is 0 Å². The normalized spacial score (nSPS) is 16.5. The molecule has 3 aromatic carbocycles. The summed E-state index contributed by atoms with van der Waals surface area (Å²) in [7, 11) is 0. The number of hydrogen-bond donors (Lipinski definition) is 0. The third kappa shape index (κ3) is 3.25. The highest BCUT2D eigenvalue weighted by atomic mass is 35.5. The number of rotatable bonds is 4. The Bertz CT molecular complexity index is 1220. The van der Waals surface area contributed by atoms with Gasteiger partial charge in [0.15, 0.2) is 0 Å². The van der Waals surface area contributed by atoms with Gasteiger partial charge in [-0.1, -0.05) is 48.0 Å². The number of imidazole rings is 1. The van der Waals surface area contributed by atoms with Crippen LogP contribution in [0.2, 0.25) is 5.02 Å². The standard InChI is InChI=1S/C24H19ClFN3O/c25-19-9-6-10-20(26)18(19)15-29-22-12-5-4-11-21(22)27-24(29)16-13-23(30)28(14-16)17-7-2-1-3-8-17/h1-12,16H,13-15H2/t16-/m0/s1. The Hall–Kier alpha value is -3.18. The van der Waals surface area contributed by atoms with Gasteiger partial charge in [0.2, 0.25) is 5.91 Å². The van der Waals surface area contributed by atoms with Crippen molar-refractivity contribution in [3.05, 3.63) is 95.0 Å². The number of halogens is 2. The highest BCUT2D eigenvalue weighted by molar-refractivity contribution is 6.31. The molecule has 4 aromatic rings. The maximum atomic E-state index is 14.5. The van der Waals surface area contributed by atoms with Crippen molar-refractivity contribution < 1.29 is 9.18 Å². The molecule has 0 bridgehead atoms. The van der Waals surface area contributed by atoms with Gasteiger partial charge in [-0.3, -0.25) is 4.79 Å². The fourth-order valence-electron chi connectivity index (χ4n) is 4.15. The van der Waals surface area contributed by atoms with E-state index in [1.807, 2.05) is 59.2 Å². The summed E-state index contributed by atoms with van der Waals surface area (Å²) in [5, 5.41) is 0.382. The predicted octanol–water partition coefficient (Wildman–Crippen LogP) is 5.40. The monoisotopic (exact) mass is 419 g/mol. The molecule has 150 valence electrons. The maximum Gasteiger partial charge on any atom is 0.227 e.